The average Bonchev–Trinajstić information content (AvgIpc) is 2.45. The molecule has 92 valence electrons. The van der Waals surface area contributed by atoms with Gasteiger partial charge in [-0.2, -0.15) is 0 Å². The summed E-state index contributed by atoms with van der Waals surface area (Å²) in [5.41, 5.74) is 4.04. The van der Waals surface area contributed by atoms with Crippen LogP contribution in [0.1, 0.15) is 32.6 Å². The Morgan fingerprint density at radius 3 is 1.83 bits per heavy atom. The normalized spacial score (nSPS) is 102. The van der Waals surface area contributed by atoms with Gasteiger partial charge in [0.15, 0.2) is 0 Å². The molecule has 8 unspecified atom stereocenters. The molecule has 9 saturated carbocycles. The first-order valence-electron chi connectivity index (χ1n) is 8.80. The van der Waals surface area contributed by atoms with E-state index in [0.717, 1.165) is 21.7 Å². The maximum Gasteiger partial charge on any atom is -0.00970 e. The second-order valence-electron chi connectivity index (χ2n) is 10.2. The van der Waals surface area contributed by atoms with Crippen LogP contribution in [0, 0.1) is 74.9 Å². The lowest BCUT2D eigenvalue weighted by atomic mass is 8.84. The van der Waals surface area contributed by atoms with Gasteiger partial charge in [-0.1, -0.05) is 6.92 Å². The van der Waals surface area contributed by atoms with Crippen molar-refractivity contribution in [1.82, 2.24) is 0 Å². The quantitative estimate of drug-likeness (QED) is 0.606. The molecule has 0 aromatic carbocycles. The molecule has 3 spiro atoms. The average molecular weight is 236 g/mol. The van der Waals surface area contributed by atoms with Gasteiger partial charge < -0.3 is 0 Å². The Labute approximate surface area is 108 Å². The Morgan fingerprint density at radius 1 is 0.722 bits per heavy atom. The third-order valence-corrected chi connectivity index (χ3v) is 12.2. The summed E-state index contributed by atoms with van der Waals surface area (Å²) in [6.45, 7) is 2.77. The van der Waals surface area contributed by atoms with E-state index in [9.17, 15) is 0 Å². The van der Waals surface area contributed by atoms with E-state index in [1.807, 2.05) is 0 Å². The van der Waals surface area contributed by atoms with Gasteiger partial charge in [0, 0.05) is 0 Å². The van der Waals surface area contributed by atoms with Crippen LogP contribution in [-0.2, 0) is 0 Å². The molecule has 0 heteroatoms. The van der Waals surface area contributed by atoms with Gasteiger partial charge in [0.05, 0.1) is 0 Å². The van der Waals surface area contributed by atoms with Gasteiger partial charge in [0.25, 0.3) is 0 Å². The molecule has 9 aliphatic carbocycles. The Bertz CT molecular complexity index is 588. The molecule has 9 fully saturated rings. The van der Waals surface area contributed by atoms with Crippen molar-refractivity contribution in [3.63, 3.8) is 0 Å². The van der Waals surface area contributed by atoms with Crippen LogP contribution in [0.15, 0.2) is 0 Å². The minimum atomic E-state index is 0.912. The first-order chi connectivity index (χ1) is 8.80. The van der Waals surface area contributed by atoms with Crippen molar-refractivity contribution in [2.45, 2.75) is 32.6 Å². The Balaban J connectivity index is 1.42. The predicted octanol–water partition coefficient (Wildman–Crippen LogP) is 3.18. The standard InChI is InChI=1S/C18H20/c1-15-7-2-3-8(15)12-14-10-5-6-4-9-13-11(7)17(12,15)18(13,14)16(6,9)10/h6-14H,2-5H2,1H3. The highest BCUT2D eigenvalue weighted by atomic mass is 15.2. The number of hydrogen-bond donors (Lipinski definition) is 0. The van der Waals surface area contributed by atoms with Gasteiger partial charge in [-0.3, -0.25) is 0 Å². The number of hydrogen-bond acceptors (Lipinski definition) is 0. The zero-order valence-corrected chi connectivity index (χ0v) is 11.0. The van der Waals surface area contributed by atoms with Crippen LogP contribution in [0.2, 0.25) is 0 Å². The van der Waals surface area contributed by atoms with Crippen molar-refractivity contribution in [2.24, 2.45) is 74.9 Å². The molecular formula is C18H20. The van der Waals surface area contributed by atoms with E-state index in [1.165, 1.54) is 53.3 Å². The third kappa shape index (κ3) is 0.259. The maximum absolute atomic E-state index is 2.77. The largest absolute Gasteiger partial charge is 0.0585 e. The highest BCUT2D eigenvalue weighted by Gasteiger charge is 3.18. The molecule has 0 aliphatic heterocycles. The fourth-order valence-electron chi connectivity index (χ4n) is 13.3. The van der Waals surface area contributed by atoms with E-state index in [-0.39, 0.29) is 0 Å². The number of rotatable bonds is 0. The van der Waals surface area contributed by atoms with Gasteiger partial charge in [-0.05, 0) is 101 Å². The van der Waals surface area contributed by atoms with E-state index in [4.69, 9.17) is 0 Å². The molecule has 0 N–H and O–H groups in total. The minimum Gasteiger partial charge on any atom is -0.0585 e. The van der Waals surface area contributed by atoms with E-state index in [0.29, 0.717) is 0 Å². The van der Waals surface area contributed by atoms with Crippen LogP contribution in [0.4, 0.5) is 0 Å². The second-order valence-corrected chi connectivity index (χ2v) is 10.2. The van der Waals surface area contributed by atoms with E-state index >= 15 is 0 Å². The molecule has 0 bridgehead atoms. The summed E-state index contributed by atoms with van der Waals surface area (Å²) in [4.78, 5) is 0. The van der Waals surface area contributed by atoms with E-state index in [1.54, 1.807) is 25.7 Å². The molecule has 9 aliphatic rings. The first-order valence-corrected chi connectivity index (χ1v) is 8.80. The van der Waals surface area contributed by atoms with Crippen molar-refractivity contribution in [1.29, 1.82) is 0 Å². The third-order valence-electron chi connectivity index (χ3n) is 12.2. The van der Waals surface area contributed by atoms with Crippen molar-refractivity contribution >= 4 is 0 Å². The van der Waals surface area contributed by atoms with E-state index in [2.05, 4.69) is 6.92 Å². The summed E-state index contributed by atoms with van der Waals surface area (Å²) in [5, 5.41) is 0. The van der Waals surface area contributed by atoms with Crippen LogP contribution >= 0.6 is 0 Å². The molecule has 0 aromatic rings. The highest BCUT2D eigenvalue weighted by molar-refractivity contribution is 5.64. The zero-order chi connectivity index (χ0) is 11.0. The van der Waals surface area contributed by atoms with E-state index < -0.39 is 0 Å². The predicted molar refractivity (Wildman–Crippen MR) is 65.3 cm³/mol. The summed E-state index contributed by atoms with van der Waals surface area (Å²) < 4.78 is 0. The molecule has 0 aromatic heterocycles. The van der Waals surface area contributed by atoms with Gasteiger partial charge in [0.1, 0.15) is 0 Å². The lowest BCUT2D eigenvalue weighted by Gasteiger charge is -3.19. The number of fused-ring (bicyclic) bond motifs is 6. The molecule has 8 atom stereocenters. The fourth-order valence-corrected chi connectivity index (χ4v) is 13.3. The van der Waals surface area contributed by atoms with Crippen molar-refractivity contribution in [3.8, 4) is 0 Å². The first kappa shape index (κ1) is 7.70. The maximum atomic E-state index is 2.77. The summed E-state index contributed by atoms with van der Waals surface area (Å²) in [6, 6.07) is 0. The van der Waals surface area contributed by atoms with Crippen LogP contribution in [0.25, 0.3) is 0 Å². The lowest BCUT2D eigenvalue weighted by Crippen LogP contribution is -3.17. The minimum absolute atomic E-state index is 0.912. The monoisotopic (exact) mass is 236 g/mol. The molecule has 9 rings (SSSR count). The van der Waals surface area contributed by atoms with Gasteiger partial charge in [0.2, 0.25) is 0 Å². The fraction of sp³-hybridized carbons (Fsp3) is 1.00. The van der Waals surface area contributed by atoms with Crippen molar-refractivity contribution in [2.75, 3.05) is 0 Å². The molecule has 18 heavy (non-hydrogen) atoms. The van der Waals surface area contributed by atoms with Crippen LogP contribution in [0.5, 0.6) is 0 Å². The Kier molecular flexibility index (Phi) is 0.615. The van der Waals surface area contributed by atoms with Gasteiger partial charge in [-0.25, -0.2) is 0 Å². The van der Waals surface area contributed by atoms with Crippen LogP contribution in [-0.4, -0.2) is 0 Å². The Morgan fingerprint density at radius 2 is 1.28 bits per heavy atom. The van der Waals surface area contributed by atoms with Gasteiger partial charge >= 0.3 is 0 Å². The molecule has 0 nitrogen and oxygen atoms in total. The van der Waals surface area contributed by atoms with Crippen LogP contribution in [0.3, 0.4) is 0 Å². The Hall–Kier alpha value is 0. The van der Waals surface area contributed by atoms with Gasteiger partial charge in [-0.15, -0.1) is 0 Å². The van der Waals surface area contributed by atoms with Crippen molar-refractivity contribution < 1.29 is 0 Å². The zero-order valence-electron chi connectivity index (χ0n) is 11.0. The molecule has 0 saturated heterocycles. The van der Waals surface area contributed by atoms with Crippen LogP contribution < -0.4 is 0 Å². The topological polar surface area (TPSA) is 0 Å². The summed E-state index contributed by atoms with van der Waals surface area (Å²) in [6.07, 6.45) is 6.69. The molecule has 0 radical (unpaired) electrons. The summed E-state index contributed by atoms with van der Waals surface area (Å²) in [7, 11) is 0. The summed E-state index contributed by atoms with van der Waals surface area (Å²) in [5.74, 6) is 11.5. The summed E-state index contributed by atoms with van der Waals surface area (Å²) >= 11 is 0. The second kappa shape index (κ2) is 1.44. The molecule has 0 heterocycles. The molecular weight excluding hydrogens is 216 g/mol. The molecule has 0 amide bonds. The highest BCUT2D eigenvalue weighted by Crippen LogP contribution is 3.21. The van der Waals surface area contributed by atoms with Crippen molar-refractivity contribution in [3.05, 3.63) is 0 Å². The SMILES string of the molecule is CC12C3CCC1C1C4C5CC6CC7C8C3C12C84C675. The lowest BCUT2D eigenvalue weighted by molar-refractivity contribution is -0.736. The smallest absolute Gasteiger partial charge is 0.00970 e.